The summed E-state index contributed by atoms with van der Waals surface area (Å²) in [6.45, 7) is 2.11. The molecule has 1 aliphatic carbocycles. The van der Waals surface area contributed by atoms with E-state index in [1.54, 1.807) is 6.07 Å². The molecule has 108 valence electrons. The van der Waals surface area contributed by atoms with Crippen LogP contribution in [0.1, 0.15) is 38.3 Å². The summed E-state index contributed by atoms with van der Waals surface area (Å²) in [5.41, 5.74) is 0.447. The number of thioether (sulfide) groups is 1. The third kappa shape index (κ3) is 4.50. The highest BCUT2D eigenvalue weighted by molar-refractivity contribution is 8.00. The van der Waals surface area contributed by atoms with Crippen molar-refractivity contribution in [3.63, 3.8) is 0 Å². The fraction of sp³-hybridized carbons (Fsp3) is 0.750. The SMILES string of the molecule is CCS[C@H]1CCCC[C@@H]1NS(=O)(=O)Cc1ccon1. The van der Waals surface area contributed by atoms with Crippen LogP contribution in [-0.4, -0.2) is 30.6 Å². The Kier molecular flexibility index (Phi) is 5.29. The Morgan fingerprint density at radius 3 is 2.95 bits per heavy atom. The first kappa shape index (κ1) is 14.9. The van der Waals surface area contributed by atoms with Crippen LogP contribution in [0.5, 0.6) is 0 Å². The largest absolute Gasteiger partial charge is 0.364 e. The summed E-state index contributed by atoms with van der Waals surface area (Å²) in [5, 5.41) is 4.04. The van der Waals surface area contributed by atoms with Crippen LogP contribution in [0.25, 0.3) is 0 Å². The minimum atomic E-state index is -3.34. The average molecular weight is 304 g/mol. The fourth-order valence-corrected chi connectivity index (χ4v) is 5.07. The maximum Gasteiger partial charge on any atom is 0.217 e. The molecule has 2 atom stereocenters. The number of nitrogens with one attached hydrogen (secondary N) is 1. The number of rotatable bonds is 6. The van der Waals surface area contributed by atoms with Crippen LogP contribution >= 0.6 is 11.8 Å². The predicted octanol–water partition coefficient (Wildman–Crippen LogP) is 2.16. The second-order valence-corrected chi connectivity index (χ2v) is 8.02. The van der Waals surface area contributed by atoms with Crippen molar-refractivity contribution < 1.29 is 12.9 Å². The summed E-state index contributed by atoms with van der Waals surface area (Å²) < 4.78 is 31.7. The van der Waals surface area contributed by atoms with Crippen LogP contribution in [0.2, 0.25) is 0 Å². The van der Waals surface area contributed by atoms with Crippen LogP contribution in [0.4, 0.5) is 0 Å². The van der Waals surface area contributed by atoms with E-state index in [1.807, 2.05) is 11.8 Å². The van der Waals surface area contributed by atoms with Gasteiger partial charge in [-0.25, -0.2) is 13.1 Å². The minimum Gasteiger partial charge on any atom is -0.364 e. The van der Waals surface area contributed by atoms with E-state index in [1.165, 1.54) is 12.7 Å². The second kappa shape index (κ2) is 6.76. The highest BCUT2D eigenvalue weighted by atomic mass is 32.2. The molecule has 1 N–H and O–H groups in total. The molecule has 1 heterocycles. The van der Waals surface area contributed by atoms with Crippen LogP contribution in [0.15, 0.2) is 16.9 Å². The van der Waals surface area contributed by atoms with Gasteiger partial charge in [-0.05, 0) is 18.6 Å². The number of sulfonamides is 1. The second-order valence-electron chi connectivity index (χ2n) is 4.75. The Morgan fingerprint density at radius 2 is 2.26 bits per heavy atom. The van der Waals surface area contributed by atoms with E-state index >= 15 is 0 Å². The summed E-state index contributed by atoms with van der Waals surface area (Å²) >= 11 is 1.85. The number of nitrogens with zero attached hydrogens (tertiary/aromatic N) is 1. The number of hydrogen-bond acceptors (Lipinski definition) is 5. The van der Waals surface area contributed by atoms with E-state index in [-0.39, 0.29) is 11.8 Å². The topological polar surface area (TPSA) is 72.2 Å². The molecule has 0 amide bonds. The van der Waals surface area contributed by atoms with Crippen molar-refractivity contribution in [3.05, 3.63) is 18.0 Å². The molecule has 5 nitrogen and oxygen atoms in total. The summed E-state index contributed by atoms with van der Waals surface area (Å²) in [4.78, 5) is 0. The molecule has 7 heteroatoms. The van der Waals surface area contributed by atoms with E-state index in [9.17, 15) is 8.42 Å². The molecule has 19 heavy (non-hydrogen) atoms. The molecule has 1 aromatic rings. The molecule has 0 radical (unpaired) electrons. The third-order valence-electron chi connectivity index (χ3n) is 3.24. The van der Waals surface area contributed by atoms with Crippen LogP contribution in [0, 0.1) is 0 Å². The Hall–Kier alpha value is -0.530. The Labute approximate surface area is 118 Å². The molecule has 1 aromatic heterocycles. The lowest BCUT2D eigenvalue weighted by atomic mass is 9.96. The van der Waals surface area contributed by atoms with Crippen molar-refractivity contribution in [3.8, 4) is 0 Å². The zero-order valence-electron chi connectivity index (χ0n) is 11.0. The van der Waals surface area contributed by atoms with Gasteiger partial charge in [-0.15, -0.1) is 0 Å². The van der Waals surface area contributed by atoms with E-state index in [2.05, 4.69) is 21.3 Å². The van der Waals surface area contributed by atoms with Gasteiger partial charge in [0.1, 0.15) is 12.0 Å². The Bertz CT molecular complexity index is 471. The highest BCUT2D eigenvalue weighted by Gasteiger charge is 2.29. The summed E-state index contributed by atoms with van der Waals surface area (Å²) in [6, 6.07) is 1.63. The first-order chi connectivity index (χ1) is 9.11. The van der Waals surface area contributed by atoms with Gasteiger partial charge in [0.05, 0.1) is 5.69 Å². The van der Waals surface area contributed by atoms with E-state index in [0.717, 1.165) is 25.0 Å². The first-order valence-corrected chi connectivity index (χ1v) is 9.31. The summed E-state index contributed by atoms with van der Waals surface area (Å²) in [5.74, 6) is 0.912. The third-order valence-corrected chi connectivity index (χ3v) is 5.91. The average Bonchev–Trinajstić information content (AvgIpc) is 2.83. The lowest BCUT2D eigenvalue weighted by Gasteiger charge is -2.31. The van der Waals surface area contributed by atoms with Gasteiger partial charge in [0, 0.05) is 17.4 Å². The van der Waals surface area contributed by atoms with Crippen LogP contribution < -0.4 is 4.72 Å². The first-order valence-electron chi connectivity index (χ1n) is 6.61. The van der Waals surface area contributed by atoms with E-state index < -0.39 is 10.0 Å². The molecule has 0 aliphatic heterocycles. The molecule has 0 spiro atoms. The monoisotopic (exact) mass is 304 g/mol. The van der Waals surface area contributed by atoms with Crippen LogP contribution in [0.3, 0.4) is 0 Å². The van der Waals surface area contributed by atoms with Crippen molar-refractivity contribution in [2.75, 3.05) is 5.75 Å². The molecule has 0 saturated heterocycles. The quantitative estimate of drug-likeness (QED) is 0.872. The molecule has 1 saturated carbocycles. The van der Waals surface area contributed by atoms with Gasteiger partial charge in [-0.3, -0.25) is 0 Å². The maximum absolute atomic E-state index is 12.1. The molecule has 1 aliphatic rings. The molecule has 2 rings (SSSR count). The zero-order chi connectivity index (χ0) is 13.7. The van der Waals surface area contributed by atoms with Crippen molar-refractivity contribution in [1.82, 2.24) is 9.88 Å². The van der Waals surface area contributed by atoms with E-state index in [0.29, 0.717) is 10.9 Å². The predicted molar refractivity (Wildman–Crippen MR) is 76.4 cm³/mol. The number of aromatic nitrogens is 1. The Balaban J connectivity index is 1.97. The zero-order valence-corrected chi connectivity index (χ0v) is 12.7. The van der Waals surface area contributed by atoms with Gasteiger partial charge in [-0.1, -0.05) is 24.9 Å². The van der Waals surface area contributed by atoms with Crippen molar-refractivity contribution in [1.29, 1.82) is 0 Å². The summed E-state index contributed by atoms with van der Waals surface area (Å²) in [6.07, 6.45) is 5.70. The highest BCUT2D eigenvalue weighted by Crippen LogP contribution is 2.29. The van der Waals surface area contributed by atoms with Gasteiger partial charge in [0.15, 0.2) is 0 Å². The molecule has 0 unspecified atom stereocenters. The number of hydrogen-bond donors (Lipinski definition) is 1. The van der Waals surface area contributed by atoms with Gasteiger partial charge in [-0.2, -0.15) is 11.8 Å². The smallest absolute Gasteiger partial charge is 0.217 e. The Morgan fingerprint density at radius 1 is 1.47 bits per heavy atom. The molecule has 0 bridgehead atoms. The van der Waals surface area contributed by atoms with Crippen molar-refractivity contribution in [2.24, 2.45) is 0 Å². The van der Waals surface area contributed by atoms with Gasteiger partial charge in [0.2, 0.25) is 10.0 Å². The van der Waals surface area contributed by atoms with Crippen LogP contribution in [-0.2, 0) is 15.8 Å². The molecule has 1 fully saturated rings. The summed E-state index contributed by atoms with van der Waals surface area (Å²) in [7, 11) is -3.34. The van der Waals surface area contributed by atoms with E-state index in [4.69, 9.17) is 0 Å². The minimum absolute atomic E-state index is 0.0515. The maximum atomic E-state index is 12.1. The molecular formula is C12H20N2O3S2. The lowest BCUT2D eigenvalue weighted by Crippen LogP contribution is -2.44. The lowest BCUT2D eigenvalue weighted by molar-refractivity contribution is 0.411. The molecule has 0 aromatic carbocycles. The molecular weight excluding hydrogens is 284 g/mol. The van der Waals surface area contributed by atoms with Crippen molar-refractivity contribution in [2.45, 2.75) is 49.7 Å². The normalized spacial score (nSPS) is 24.5. The standard InChI is InChI=1S/C12H20N2O3S2/c1-2-18-12-6-4-3-5-11(12)14-19(15,16)9-10-7-8-17-13-10/h7-8,11-12,14H,2-6,9H2,1H3/t11-,12-/m0/s1. The van der Waals surface area contributed by atoms with Gasteiger partial charge >= 0.3 is 0 Å². The van der Waals surface area contributed by atoms with Gasteiger partial charge in [0.25, 0.3) is 0 Å². The van der Waals surface area contributed by atoms with Gasteiger partial charge < -0.3 is 4.52 Å². The van der Waals surface area contributed by atoms with Crippen molar-refractivity contribution >= 4 is 21.8 Å². The fourth-order valence-electron chi connectivity index (χ4n) is 2.42.